The molecule has 0 aromatic heterocycles. The molecule has 1 aliphatic heterocycles. The first-order valence-corrected chi connectivity index (χ1v) is 5.63. The van der Waals surface area contributed by atoms with Crippen LogP contribution in [0.25, 0.3) is 0 Å². The molecule has 1 saturated heterocycles. The predicted octanol–water partition coefficient (Wildman–Crippen LogP) is 1.02. The number of rotatable bonds is 3. The molecule has 1 unspecified atom stereocenters. The van der Waals surface area contributed by atoms with E-state index in [1.165, 1.54) is 7.11 Å². The van der Waals surface area contributed by atoms with Crippen LogP contribution in [0.5, 0.6) is 0 Å². The minimum Gasteiger partial charge on any atom is -0.481 e. The van der Waals surface area contributed by atoms with Gasteiger partial charge in [0.2, 0.25) is 0 Å². The number of hydrogen-bond donors (Lipinski definition) is 1. The average Bonchev–Trinajstić information content (AvgIpc) is 2.66. The molecule has 1 spiro atoms. The fourth-order valence-electron chi connectivity index (χ4n) is 2.78. The quantitative estimate of drug-likeness (QED) is 0.784. The Morgan fingerprint density at radius 1 is 1.38 bits per heavy atom. The highest BCUT2D eigenvalue weighted by Crippen LogP contribution is 2.46. The van der Waals surface area contributed by atoms with Crippen molar-refractivity contribution in [2.45, 2.75) is 31.5 Å². The van der Waals surface area contributed by atoms with E-state index in [-0.39, 0.29) is 6.61 Å². The summed E-state index contributed by atoms with van der Waals surface area (Å²) in [6, 6.07) is 0. The molecule has 1 atom stereocenters. The number of carboxylic acid groups (broad SMARTS) is 1. The van der Waals surface area contributed by atoms with Crippen molar-refractivity contribution in [2.24, 2.45) is 5.41 Å². The number of hydrogen-bond acceptors (Lipinski definition) is 4. The fraction of sp³-hybridized carbons (Fsp3) is 0.909. The van der Waals surface area contributed by atoms with Gasteiger partial charge in [-0.05, 0) is 12.8 Å². The van der Waals surface area contributed by atoms with Gasteiger partial charge in [-0.3, -0.25) is 4.79 Å². The number of methoxy groups -OCH3 is 1. The van der Waals surface area contributed by atoms with Crippen LogP contribution in [-0.4, -0.2) is 43.8 Å². The standard InChI is InChI=1S/C11H18O5/c1-14-8-10(9(12)13)3-2-4-11(7-10)15-5-6-16-11/h2-8H2,1H3,(H,12,13). The van der Waals surface area contributed by atoms with Gasteiger partial charge in [0, 0.05) is 20.0 Å². The first-order chi connectivity index (χ1) is 7.63. The molecule has 1 heterocycles. The van der Waals surface area contributed by atoms with Crippen molar-refractivity contribution < 1.29 is 24.1 Å². The molecule has 0 aromatic rings. The highest BCUT2D eigenvalue weighted by atomic mass is 16.7. The van der Waals surface area contributed by atoms with Crippen LogP contribution in [0.15, 0.2) is 0 Å². The molecule has 92 valence electrons. The molecule has 0 amide bonds. The molecule has 5 heteroatoms. The minimum atomic E-state index is -0.850. The number of carboxylic acids is 1. The number of ether oxygens (including phenoxy) is 3. The molecule has 16 heavy (non-hydrogen) atoms. The van der Waals surface area contributed by atoms with Crippen molar-refractivity contribution in [1.29, 1.82) is 0 Å². The summed E-state index contributed by atoms with van der Waals surface area (Å²) in [6.07, 6.45) is 2.61. The van der Waals surface area contributed by atoms with E-state index in [1.54, 1.807) is 0 Å². The van der Waals surface area contributed by atoms with Gasteiger partial charge in [-0.1, -0.05) is 0 Å². The van der Waals surface area contributed by atoms with E-state index < -0.39 is 17.2 Å². The third-order valence-corrected chi connectivity index (χ3v) is 3.51. The third kappa shape index (κ3) is 1.95. The molecule has 5 nitrogen and oxygen atoms in total. The van der Waals surface area contributed by atoms with Crippen LogP contribution < -0.4 is 0 Å². The second-order valence-corrected chi connectivity index (χ2v) is 4.66. The lowest BCUT2D eigenvalue weighted by Gasteiger charge is -2.41. The summed E-state index contributed by atoms with van der Waals surface area (Å²) in [5, 5.41) is 9.37. The molecule has 0 aromatic carbocycles. The summed E-state index contributed by atoms with van der Waals surface area (Å²) in [4.78, 5) is 11.4. The van der Waals surface area contributed by atoms with E-state index in [0.29, 0.717) is 26.1 Å². The van der Waals surface area contributed by atoms with Crippen LogP contribution in [0.1, 0.15) is 25.7 Å². The van der Waals surface area contributed by atoms with Gasteiger partial charge < -0.3 is 19.3 Å². The molecular weight excluding hydrogens is 212 g/mol. The van der Waals surface area contributed by atoms with Crippen molar-refractivity contribution in [2.75, 3.05) is 26.9 Å². The Morgan fingerprint density at radius 3 is 2.62 bits per heavy atom. The van der Waals surface area contributed by atoms with Gasteiger partial charge in [0.15, 0.2) is 5.79 Å². The lowest BCUT2D eigenvalue weighted by molar-refractivity contribution is -0.214. The lowest BCUT2D eigenvalue weighted by atomic mass is 9.72. The zero-order valence-corrected chi connectivity index (χ0v) is 9.53. The highest BCUT2D eigenvalue weighted by Gasteiger charge is 2.52. The maximum Gasteiger partial charge on any atom is 0.312 e. The molecule has 1 N–H and O–H groups in total. The van der Waals surface area contributed by atoms with E-state index in [9.17, 15) is 9.90 Å². The van der Waals surface area contributed by atoms with Crippen molar-refractivity contribution in [1.82, 2.24) is 0 Å². The molecule has 0 bridgehead atoms. The molecule has 2 rings (SSSR count). The summed E-state index contributed by atoms with van der Waals surface area (Å²) < 4.78 is 16.2. The van der Waals surface area contributed by atoms with Crippen LogP contribution in [0.2, 0.25) is 0 Å². The fourth-order valence-corrected chi connectivity index (χ4v) is 2.78. The van der Waals surface area contributed by atoms with Gasteiger partial charge in [-0.2, -0.15) is 0 Å². The lowest BCUT2D eigenvalue weighted by Crippen LogP contribution is -2.48. The molecular formula is C11H18O5. The summed E-state index contributed by atoms with van der Waals surface area (Å²) in [5.41, 5.74) is -0.850. The topological polar surface area (TPSA) is 65.0 Å². The average molecular weight is 230 g/mol. The van der Waals surface area contributed by atoms with Crippen molar-refractivity contribution in [3.63, 3.8) is 0 Å². The molecule has 1 aliphatic carbocycles. The molecule has 2 fully saturated rings. The second kappa shape index (κ2) is 4.31. The number of aliphatic carboxylic acids is 1. The Bertz CT molecular complexity index is 268. The van der Waals surface area contributed by atoms with Crippen LogP contribution in [0.4, 0.5) is 0 Å². The Kier molecular flexibility index (Phi) is 3.19. The minimum absolute atomic E-state index is 0.219. The largest absolute Gasteiger partial charge is 0.481 e. The Labute approximate surface area is 94.7 Å². The zero-order valence-electron chi connectivity index (χ0n) is 9.53. The Morgan fingerprint density at radius 2 is 2.06 bits per heavy atom. The van der Waals surface area contributed by atoms with Crippen LogP contribution >= 0.6 is 0 Å². The Hall–Kier alpha value is -0.650. The van der Waals surface area contributed by atoms with Gasteiger partial charge in [-0.15, -0.1) is 0 Å². The van der Waals surface area contributed by atoms with E-state index in [2.05, 4.69) is 0 Å². The monoisotopic (exact) mass is 230 g/mol. The van der Waals surface area contributed by atoms with Crippen LogP contribution in [0.3, 0.4) is 0 Å². The van der Waals surface area contributed by atoms with Crippen LogP contribution in [0, 0.1) is 5.41 Å². The van der Waals surface area contributed by atoms with Gasteiger partial charge in [0.1, 0.15) is 0 Å². The van der Waals surface area contributed by atoms with E-state index in [1.807, 2.05) is 0 Å². The van der Waals surface area contributed by atoms with Gasteiger partial charge in [-0.25, -0.2) is 0 Å². The van der Waals surface area contributed by atoms with Crippen molar-refractivity contribution in [3.05, 3.63) is 0 Å². The van der Waals surface area contributed by atoms with Crippen molar-refractivity contribution in [3.8, 4) is 0 Å². The smallest absolute Gasteiger partial charge is 0.312 e. The maximum atomic E-state index is 11.4. The Balaban J connectivity index is 2.16. The third-order valence-electron chi connectivity index (χ3n) is 3.51. The van der Waals surface area contributed by atoms with Crippen LogP contribution in [-0.2, 0) is 19.0 Å². The maximum absolute atomic E-state index is 11.4. The van der Waals surface area contributed by atoms with E-state index >= 15 is 0 Å². The summed E-state index contributed by atoms with van der Waals surface area (Å²) >= 11 is 0. The van der Waals surface area contributed by atoms with Gasteiger partial charge in [0.05, 0.1) is 25.2 Å². The molecule has 2 aliphatic rings. The summed E-state index contributed by atoms with van der Waals surface area (Å²) in [7, 11) is 1.53. The van der Waals surface area contributed by atoms with Gasteiger partial charge in [0.25, 0.3) is 0 Å². The SMILES string of the molecule is COCC1(C(=O)O)CCCC2(C1)OCCO2. The normalized spacial score (nSPS) is 33.1. The highest BCUT2D eigenvalue weighted by molar-refractivity contribution is 5.75. The van der Waals surface area contributed by atoms with Crippen molar-refractivity contribution >= 4 is 5.97 Å². The second-order valence-electron chi connectivity index (χ2n) is 4.66. The first-order valence-electron chi connectivity index (χ1n) is 5.63. The molecule has 0 radical (unpaired) electrons. The zero-order chi connectivity index (χ0) is 11.6. The summed E-state index contributed by atoms with van der Waals surface area (Å²) in [6.45, 7) is 1.34. The van der Waals surface area contributed by atoms with E-state index in [0.717, 1.165) is 12.8 Å². The molecule has 1 saturated carbocycles. The van der Waals surface area contributed by atoms with Gasteiger partial charge >= 0.3 is 5.97 Å². The summed E-state index contributed by atoms with van der Waals surface area (Å²) in [5.74, 6) is -1.48. The first kappa shape index (κ1) is 11.8. The predicted molar refractivity (Wildman–Crippen MR) is 55.0 cm³/mol. The van der Waals surface area contributed by atoms with E-state index in [4.69, 9.17) is 14.2 Å². The number of carbonyl (C=O) groups is 1.